The van der Waals surface area contributed by atoms with E-state index >= 15 is 0 Å². The van der Waals surface area contributed by atoms with E-state index in [4.69, 9.17) is 0 Å². The summed E-state index contributed by atoms with van der Waals surface area (Å²) in [5.74, 6) is -0.207. The predicted octanol–water partition coefficient (Wildman–Crippen LogP) is 3.13. The normalized spacial score (nSPS) is 16.1. The molecule has 1 unspecified atom stereocenters. The van der Waals surface area contributed by atoms with Crippen LogP contribution in [0, 0.1) is 6.92 Å². The minimum absolute atomic E-state index is 0.196. The molecule has 1 amide bonds. The molecule has 1 atom stereocenters. The Morgan fingerprint density at radius 3 is 2.79 bits per heavy atom. The van der Waals surface area contributed by atoms with E-state index in [0.717, 1.165) is 47.9 Å². The Kier molecular flexibility index (Phi) is 5.50. The number of thiazole rings is 1. The Hall–Kier alpha value is -2.58. The van der Waals surface area contributed by atoms with Crippen molar-refractivity contribution in [3.05, 3.63) is 52.1 Å². The Morgan fingerprint density at radius 2 is 2.04 bits per heavy atom. The van der Waals surface area contributed by atoms with Crippen LogP contribution in [0.5, 0.6) is 0 Å². The summed E-state index contributed by atoms with van der Waals surface area (Å²) in [6.07, 6.45) is 2.01. The summed E-state index contributed by atoms with van der Waals surface area (Å²) in [6.45, 7) is 5.79. The third-order valence-electron chi connectivity index (χ3n) is 5.11. The monoisotopic (exact) mass is 396 g/mol. The molecule has 3 heterocycles. The van der Waals surface area contributed by atoms with Gasteiger partial charge < -0.3 is 10.6 Å². The van der Waals surface area contributed by atoms with E-state index in [1.165, 1.54) is 0 Å². The molecule has 28 heavy (non-hydrogen) atoms. The van der Waals surface area contributed by atoms with Gasteiger partial charge >= 0.3 is 0 Å². The summed E-state index contributed by atoms with van der Waals surface area (Å²) in [7, 11) is 0. The zero-order valence-electron chi connectivity index (χ0n) is 16.1. The number of hydrogen-bond donors (Lipinski definition) is 2. The number of carbonyl (C=O) groups excluding carboxylic acids is 1. The number of nitrogens with one attached hydrogen (secondary N) is 2. The second kappa shape index (κ2) is 8.20. The zero-order valence-corrected chi connectivity index (χ0v) is 16.9. The molecule has 0 saturated carbocycles. The van der Waals surface area contributed by atoms with Gasteiger partial charge in [-0.1, -0.05) is 35.5 Å². The van der Waals surface area contributed by atoms with Crippen molar-refractivity contribution >= 4 is 17.2 Å². The van der Waals surface area contributed by atoms with E-state index in [0.29, 0.717) is 11.7 Å². The van der Waals surface area contributed by atoms with Gasteiger partial charge in [0, 0.05) is 10.9 Å². The fourth-order valence-corrected chi connectivity index (χ4v) is 4.34. The average molecular weight is 397 g/mol. The summed E-state index contributed by atoms with van der Waals surface area (Å²) in [4.78, 5) is 17.4. The Morgan fingerprint density at radius 1 is 1.29 bits per heavy atom. The van der Waals surface area contributed by atoms with E-state index in [1.807, 2.05) is 54.2 Å². The van der Waals surface area contributed by atoms with Gasteiger partial charge in [-0.05, 0) is 39.8 Å². The Labute approximate surface area is 168 Å². The molecular weight excluding hydrogens is 372 g/mol. The highest BCUT2D eigenvalue weighted by atomic mass is 32.1. The minimum atomic E-state index is -0.207. The van der Waals surface area contributed by atoms with Crippen LogP contribution >= 0.6 is 11.3 Å². The molecule has 1 aromatic carbocycles. The molecule has 7 nitrogen and oxygen atoms in total. The molecular formula is C20H24N6OS. The third kappa shape index (κ3) is 3.83. The quantitative estimate of drug-likeness (QED) is 0.692. The lowest BCUT2D eigenvalue weighted by molar-refractivity contribution is 0.0934. The number of benzene rings is 1. The molecule has 4 rings (SSSR count). The van der Waals surface area contributed by atoms with E-state index in [9.17, 15) is 4.79 Å². The number of rotatable bonds is 5. The molecule has 1 fully saturated rings. The van der Waals surface area contributed by atoms with E-state index in [-0.39, 0.29) is 11.9 Å². The van der Waals surface area contributed by atoms with E-state index in [1.54, 1.807) is 11.3 Å². The summed E-state index contributed by atoms with van der Waals surface area (Å²) >= 11 is 1.55. The van der Waals surface area contributed by atoms with E-state index in [2.05, 4.69) is 25.9 Å². The van der Waals surface area contributed by atoms with Crippen LogP contribution < -0.4 is 10.6 Å². The molecule has 146 valence electrons. The van der Waals surface area contributed by atoms with Crippen LogP contribution in [-0.4, -0.2) is 39.0 Å². The minimum Gasteiger partial charge on any atom is -0.342 e. The maximum atomic E-state index is 12.8. The lowest BCUT2D eigenvalue weighted by Gasteiger charge is -2.23. The molecule has 1 saturated heterocycles. The highest BCUT2D eigenvalue weighted by Crippen LogP contribution is 2.26. The van der Waals surface area contributed by atoms with Crippen molar-refractivity contribution in [3.8, 4) is 11.3 Å². The van der Waals surface area contributed by atoms with Crippen LogP contribution in [0.2, 0.25) is 0 Å². The van der Waals surface area contributed by atoms with Crippen molar-refractivity contribution < 1.29 is 4.79 Å². The van der Waals surface area contributed by atoms with Gasteiger partial charge in [-0.25, -0.2) is 9.67 Å². The topological polar surface area (TPSA) is 84.7 Å². The zero-order chi connectivity index (χ0) is 19.5. The molecule has 3 aromatic rings. The molecule has 1 aliphatic rings. The molecule has 2 aromatic heterocycles. The maximum Gasteiger partial charge on any atom is 0.274 e. The number of amides is 1. The largest absolute Gasteiger partial charge is 0.342 e. The van der Waals surface area contributed by atoms with Crippen molar-refractivity contribution in [1.29, 1.82) is 0 Å². The maximum absolute atomic E-state index is 12.8. The van der Waals surface area contributed by atoms with Gasteiger partial charge in [0.2, 0.25) is 0 Å². The van der Waals surface area contributed by atoms with Crippen molar-refractivity contribution in [2.24, 2.45) is 0 Å². The molecule has 0 radical (unpaired) electrons. The standard InChI is InChI=1S/C20H24N6OS/c1-13(20-23-17(12-28-20)15-6-4-3-5-7-15)22-19(27)18-14(2)26(25-24-18)16-8-10-21-11-9-16/h3-7,12-13,16,21H,8-11H2,1-2H3,(H,22,27). The first-order chi connectivity index (χ1) is 13.6. The average Bonchev–Trinajstić information content (AvgIpc) is 3.36. The summed E-state index contributed by atoms with van der Waals surface area (Å²) in [5.41, 5.74) is 3.21. The van der Waals surface area contributed by atoms with Crippen molar-refractivity contribution in [2.75, 3.05) is 13.1 Å². The van der Waals surface area contributed by atoms with Gasteiger partial charge in [-0.3, -0.25) is 4.79 Å². The van der Waals surface area contributed by atoms with Crippen molar-refractivity contribution in [2.45, 2.75) is 38.8 Å². The van der Waals surface area contributed by atoms with Crippen molar-refractivity contribution in [3.63, 3.8) is 0 Å². The van der Waals surface area contributed by atoms with Crippen LogP contribution in [0.1, 0.15) is 53.0 Å². The second-order valence-electron chi connectivity index (χ2n) is 7.08. The number of piperidine rings is 1. The van der Waals surface area contributed by atoms with Gasteiger partial charge in [0.1, 0.15) is 5.01 Å². The lowest BCUT2D eigenvalue weighted by Crippen LogP contribution is -2.31. The molecule has 0 aliphatic carbocycles. The Bertz CT molecular complexity index is 945. The number of nitrogens with zero attached hydrogens (tertiary/aromatic N) is 4. The van der Waals surface area contributed by atoms with Gasteiger partial charge in [0.15, 0.2) is 5.69 Å². The number of aromatic nitrogens is 4. The summed E-state index contributed by atoms with van der Waals surface area (Å²) in [6, 6.07) is 10.1. The lowest BCUT2D eigenvalue weighted by atomic mass is 10.1. The Balaban J connectivity index is 1.45. The summed E-state index contributed by atoms with van der Waals surface area (Å²) < 4.78 is 1.90. The van der Waals surface area contributed by atoms with Gasteiger partial charge in [-0.2, -0.15) is 0 Å². The summed E-state index contributed by atoms with van der Waals surface area (Å²) in [5, 5.41) is 17.7. The molecule has 2 N–H and O–H groups in total. The second-order valence-corrected chi connectivity index (χ2v) is 7.97. The fraction of sp³-hybridized carbons (Fsp3) is 0.400. The smallest absolute Gasteiger partial charge is 0.274 e. The first-order valence-corrected chi connectivity index (χ1v) is 10.5. The van der Waals surface area contributed by atoms with Crippen LogP contribution in [0.4, 0.5) is 0 Å². The number of hydrogen-bond acceptors (Lipinski definition) is 6. The SMILES string of the molecule is Cc1c(C(=O)NC(C)c2nc(-c3ccccc3)cs2)nnn1C1CCNCC1. The van der Waals surface area contributed by atoms with Crippen molar-refractivity contribution in [1.82, 2.24) is 30.6 Å². The van der Waals surface area contributed by atoms with Gasteiger partial charge in [0.05, 0.1) is 23.5 Å². The van der Waals surface area contributed by atoms with Crippen LogP contribution in [0.3, 0.4) is 0 Å². The molecule has 0 bridgehead atoms. The highest BCUT2D eigenvalue weighted by Gasteiger charge is 2.24. The third-order valence-corrected chi connectivity index (χ3v) is 6.13. The van der Waals surface area contributed by atoms with Gasteiger partial charge in [-0.15, -0.1) is 16.4 Å². The molecule has 1 aliphatic heterocycles. The van der Waals surface area contributed by atoms with Gasteiger partial charge in [0.25, 0.3) is 5.91 Å². The first-order valence-electron chi connectivity index (χ1n) is 9.57. The fourth-order valence-electron chi connectivity index (χ4n) is 3.50. The van der Waals surface area contributed by atoms with Crippen LogP contribution in [0.25, 0.3) is 11.3 Å². The molecule has 8 heteroatoms. The van der Waals surface area contributed by atoms with Crippen LogP contribution in [-0.2, 0) is 0 Å². The highest BCUT2D eigenvalue weighted by molar-refractivity contribution is 7.10. The first kappa shape index (κ1) is 18.8. The predicted molar refractivity (Wildman–Crippen MR) is 109 cm³/mol. The van der Waals surface area contributed by atoms with Crippen LogP contribution in [0.15, 0.2) is 35.7 Å². The molecule has 0 spiro atoms. The number of carbonyl (C=O) groups is 1. The van der Waals surface area contributed by atoms with E-state index < -0.39 is 0 Å².